The van der Waals surface area contributed by atoms with Gasteiger partial charge in [0.15, 0.2) is 5.82 Å². The first-order valence-corrected chi connectivity index (χ1v) is 13.3. The van der Waals surface area contributed by atoms with Gasteiger partial charge in [0.05, 0.1) is 28.1 Å². The van der Waals surface area contributed by atoms with Gasteiger partial charge in [0, 0.05) is 30.7 Å². The number of nitrogens with one attached hydrogen (secondary N) is 2. The molecule has 0 saturated carbocycles. The Bertz CT molecular complexity index is 1610. The summed E-state index contributed by atoms with van der Waals surface area (Å²) in [5, 5.41) is 7.58. The number of anilines is 2. The van der Waals surface area contributed by atoms with E-state index < -0.39 is 10.0 Å². The van der Waals surface area contributed by atoms with Crippen LogP contribution in [0.1, 0.15) is 19.8 Å². The summed E-state index contributed by atoms with van der Waals surface area (Å²) in [7, 11) is -2.50. The molecule has 0 bridgehead atoms. The molecule has 1 aromatic carbocycles. The van der Waals surface area contributed by atoms with E-state index in [1.54, 1.807) is 12.1 Å². The summed E-state index contributed by atoms with van der Waals surface area (Å²) in [5.74, 6) is 0.626. The summed E-state index contributed by atoms with van der Waals surface area (Å²) in [4.78, 5) is 17.5. The molecule has 1 fully saturated rings. The number of halogens is 1. The standard InChI is InChI=1S/C24H24ClN5O6S/c1-24(9-3-10-35-24)14-26-22-17(25)13-19(23(27-22)34-2)30-18-6-5-16(12-15(18)4-7-21(30)31)37(32,33)29-20-8-11-36-28-20/h4-8,11-13H,3,9-10,14H2,1-2H3,(H,26,27)(H,28,29)/t24-/m0/s1. The summed E-state index contributed by atoms with van der Waals surface area (Å²) in [5.41, 5.74) is 0.0712. The quantitative estimate of drug-likeness (QED) is 0.338. The van der Waals surface area contributed by atoms with E-state index in [1.807, 2.05) is 6.92 Å². The molecular formula is C24H24ClN5O6S. The molecule has 4 aromatic rings. The van der Waals surface area contributed by atoms with Crippen LogP contribution in [-0.4, -0.2) is 49.0 Å². The molecule has 0 radical (unpaired) electrons. The number of nitrogens with zero attached hydrogens (tertiary/aromatic N) is 3. The number of rotatable bonds is 8. The fourth-order valence-electron chi connectivity index (χ4n) is 4.25. The van der Waals surface area contributed by atoms with Gasteiger partial charge in [-0.05, 0) is 50.1 Å². The second-order valence-corrected chi connectivity index (χ2v) is 10.9. The van der Waals surface area contributed by atoms with Gasteiger partial charge in [-0.25, -0.2) is 8.42 Å². The van der Waals surface area contributed by atoms with Crippen LogP contribution in [0.15, 0.2) is 62.9 Å². The highest BCUT2D eigenvalue weighted by Gasteiger charge is 2.30. The summed E-state index contributed by atoms with van der Waals surface area (Å²) in [6.45, 7) is 3.25. The molecule has 3 aromatic heterocycles. The van der Waals surface area contributed by atoms with Crippen molar-refractivity contribution in [3.8, 4) is 11.6 Å². The van der Waals surface area contributed by atoms with Crippen molar-refractivity contribution in [2.75, 3.05) is 30.3 Å². The lowest BCUT2D eigenvalue weighted by atomic mass is 10.0. The Morgan fingerprint density at radius 3 is 2.76 bits per heavy atom. The monoisotopic (exact) mass is 545 g/mol. The minimum Gasteiger partial charge on any atom is -0.479 e. The van der Waals surface area contributed by atoms with Gasteiger partial charge in [-0.3, -0.25) is 14.1 Å². The number of hydrogen-bond donors (Lipinski definition) is 2. The molecule has 37 heavy (non-hydrogen) atoms. The van der Waals surface area contributed by atoms with E-state index in [0.29, 0.717) is 35.6 Å². The number of aromatic nitrogens is 3. The Kier molecular flexibility index (Phi) is 6.56. The average molecular weight is 546 g/mol. The van der Waals surface area contributed by atoms with Crippen molar-refractivity contribution in [2.45, 2.75) is 30.3 Å². The Labute approximate surface area is 217 Å². The van der Waals surface area contributed by atoms with Crippen LogP contribution in [0.2, 0.25) is 5.02 Å². The minimum absolute atomic E-state index is 0.0153. The second-order valence-electron chi connectivity index (χ2n) is 8.82. The van der Waals surface area contributed by atoms with Gasteiger partial charge in [0.2, 0.25) is 5.88 Å². The zero-order chi connectivity index (χ0) is 26.2. The van der Waals surface area contributed by atoms with E-state index >= 15 is 0 Å². The molecule has 11 nitrogen and oxygen atoms in total. The van der Waals surface area contributed by atoms with Crippen LogP contribution >= 0.6 is 11.6 Å². The first kappa shape index (κ1) is 25.1. The van der Waals surface area contributed by atoms with Crippen LogP contribution in [0.3, 0.4) is 0 Å². The van der Waals surface area contributed by atoms with E-state index in [-0.39, 0.29) is 32.8 Å². The first-order chi connectivity index (χ1) is 17.7. The van der Waals surface area contributed by atoms with Crippen molar-refractivity contribution in [1.29, 1.82) is 0 Å². The third-order valence-corrected chi connectivity index (χ3v) is 7.78. The lowest BCUT2D eigenvalue weighted by Gasteiger charge is -2.24. The zero-order valence-electron chi connectivity index (χ0n) is 20.0. The smallest absolute Gasteiger partial charge is 0.263 e. The predicted octanol–water partition coefficient (Wildman–Crippen LogP) is 3.82. The average Bonchev–Trinajstić information content (AvgIpc) is 3.54. The second kappa shape index (κ2) is 9.69. The van der Waals surface area contributed by atoms with Crippen LogP contribution in [-0.2, 0) is 14.8 Å². The Hall–Kier alpha value is -3.61. The summed E-state index contributed by atoms with van der Waals surface area (Å²) < 4.78 is 45.3. The third-order valence-electron chi connectivity index (χ3n) is 6.14. The molecule has 0 spiro atoms. The van der Waals surface area contributed by atoms with E-state index in [1.165, 1.54) is 48.3 Å². The lowest BCUT2D eigenvalue weighted by molar-refractivity contribution is 0.0314. The molecule has 1 saturated heterocycles. The van der Waals surface area contributed by atoms with Crippen LogP contribution in [0, 0.1) is 0 Å². The molecule has 1 atom stereocenters. The van der Waals surface area contributed by atoms with E-state index in [2.05, 4.69) is 24.7 Å². The van der Waals surface area contributed by atoms with Crippen LogP contribution in [0.5, 0.6) is 5.88 Å². The van der Waals surface area contributed by atoms with Crippen molar-refractivity contribution < 1.29 is 22.4 Å². The zero-order valence-corrected chi connectivity index (χ0v) is 21.6. The van der Waals surface area contributed by atoms with Crippen LogP contribution in [0.4, 0.5) is 11.6 Å². The number of sulfonamides is 1. The molecule has 13 heteroatoms. The highest BCUT2D eigenvalue weighted by molar-refractivity contribution is 7.92. The number of benzene rings is 1. The van der Waals surface area contributed by atoms with Gasteiger partial charge in [0.25, 0.3) is 15.6 Å². The molecule has 0 amide bonds. The maximum absolute atomic E-state index is 13.0. The Morgan fingerprint density at radius 2 is 2.05 bits per heavy atom. The molecule has 1 aliphatic rings. The third kappa shape index (κ3) is 4.99. The fourth-order valence-corrected chi connectivity index (χ4v) is 5.49. The van der Waals surface area contributed by atoms with Gasteiger partial charge in [-0.2, -0.15) is 4.98 Å². The van der Waals surface area contributed by atoms with E-state index in [4.69, 9.17) is 21.1 Å². The summed E-state index contributed by atoms with van der Waals surface area (Å²) in [6.07, 6.45) is 3.17. The SMILES string of the molecule is COc1nc(NC[C@]2(C)CCCO2)c(Cl)cc1-n1c(=O)ccc2cc(S(=O)(=O)Nc3ccon3)ccc21. The maximum Gasteiger partial charge on any atom is 0.263 e. The summed E-state index contributed by atoms with van der Waals surface area (Å²) in [6, 6.07) is 10.2. The molecule has 2 N–H and O–H groups in total. The molecule has 5 rings (SSSR count). The molecule has 4 heterocycles. The molecule has 0 unspecified atom stereocenters. The normalized spacial score (nSPS) is 17.7. The predicted molar refractivity (Wildman–Crippen MR) is 138 cm³/mol. The number of fused-ring (bicyclic) bond motifs is 1. The number of ether oxygens (including phenoxy) is 2. The summed E-state index contributed by atoms with van der Waals surface area (Å²) >= 11 is 6.56. The number of methoxy groups -OCH3 is 1. The van der Waals surface area contributed by atoms with Gasteiger partial charge in [-0.15, -0.1) is 0 Å². The molecule has 194 valence electrons. The van der Waals surface area contributed by atoms with Crippen LogP contribution in [0.25, 0.3) is 16.6 Å². The molecule has 1 aliphatic heterocycles. The van der Waals surface area contributed by atoms with Gasteiger partial charge < -0.3 is 19.3 Å². The van der Waals surface area contributed by atoms with E-state index in [9.17, 15) is 13.2 Å². The Balaban J connectivity index is 1.53. The van der Waals surface area contributed by atoms with Gasteiger partial charge in [0.1, 0.15) is 17.8 Å². The van der Waals surface area contributed by atoms with Crippen molar-refractivity contribution in [2.24, 2.45) is 0 Å². The van der Waals surface area contributed by atoms with Crippen molar-refractivity contribution in [3.05, 3.63) is 64.1 Å². The number of hydrogen-bond acceptors (Lipinski definition) is 9. The highest BCUT2D eigenvalue weighted by atomic mass is 35.5. The molecule has 0 aliphatic carbocycles. The largest absolute Gasteiger partial charge is 0.479 e. The lowest BCUT2D eigenvalue weighted by Crippen LogP contribution is -2.32. The Morgan fingerprint density at radius 1 is 1.22 bits per heavy atom. The van der Waals surface area contributed by atoms with Gasteiger partial charge in [-0.1, -0.05) is 16.8 Å². The molecular weight excluding hydrogens is 522 g/mol. The first-order valence-electron chi connectivity index (χ1n) is 11.4. The van der Waals surface area contributed by atoms with Crippen molar-refractivity contribution >= 4 is 44.2 Å². The van der Waals surface area contributed by atoms with Crippen molar-refractivity contribution in [3.63, 3.8) is 0 Å². The topological polar surface area (TPSA) is 138 Å². The maximum atomic E-state index is 13.0. The highest BCUT2D eigenvalue weighted by Crippen LogP contribution is 2.33. The number of pyridine rings is 2. The van der Waals surface area contributed by atoms with E-state index in [0.717, 1.165) is 12.8 Å². The fraction of sp³-hybridized carbons (Fsp3) is 0.292. The van der Waals surface area contributed by atoms with Gasteiger partial charge >= 0.3 is 0 Å². The van der Waals surface area contributed by atoms with Crippen LogP contribution < -0.4 is 20.3 Å². The minimum atomic E-state index is -3.94. The van der Waals surface area contributed by atoms with Crippen molar-refractivity contribution in [1.82, 2.24) is 14.7 Å².